The Labute approximate surface area is 129 Å². The van der Waals surface area contributed by atoms with E-state index in [-0.39, 0.29) is 17.7 Å². The van der Waals surface area contributed by atoms with Crippen LogP contribution in [-0.4, -0.2) is 66.0 Å². The number of amides is 1. The van der Waals surface area contributed by atoms with Gasteiger partial charge in [-0.3, -0.25) is 4.79 Å². The maximum absolute atomic E-state index is 11.9. The molecule has 1 saturated heterocycles. The molecule has 0 aromatic carbocycles. The van der Waals surface area contributed by atoms with Crippen LogP contribution in [0.5, 0.6) is 0 Å². The smallest absolute Gasteiger partial charge is 0.241 e. The molecule has 1 amide bonds. The third-order valence-electron chi connectivity index (χ3n) is 3.46. The van der Waals surface area contributed by atoms with E-state index in [1.807, 2.05) is 6.92 Å². The molecule has 1 aliphatic rings. The lowest BCUT2D eigenvalue weighted by Gasteiger charge is -2.23. The summed E-state index contributed by atoms with van der Waals surface area (Å²) in [6.45, 7) is 4.67. The maximum Gasteiger partial charge on any atom is 0.241 e. The lowest BCUT2D eigenvalue weighted by atomic mass is 10.4. The summed E-state index contributed by atoms with van der Waals surface area (Å²) in [6, 6.07) is 0. The Hall–Kier alpha value is -1.63. The minimum atomic E-state index is -0.00360. The van der Waals surface area contributed by atoms with Gasteiger partial charge in [-0.15, -0.1) is 0 Å². The van der Waals surface area contributed by atoms with Crippen molar-refractivity contribution in [2.24, 2.45) is 0 Å². The first-order valence-electron chi connectivity index (χ1n) is 7.13. The van der Waals surface area contributed by atoms with Gasteiger partial charge in [-0.25, -0.2) is 0 Å². The summed E-state index contributed by atoms with van der Waals surface area (Å²) in [7, 11) is 3.46. The van der Waals surface area contributed by atoms with Crippen molar-refractivity contribution in [1.82, 2.24) is 19.9 Å². The van der Waals surface area contributed by atoms with Crippen LogP contribution in [-0.2, 0) is 4.79 Å². The second-order valence-corrected chi connectivity index (χ2v) is 5.54. The van der Waals surface area contributed by atoms with Crippen LogP contribution in [0.25, 0.3) is 0 Å². The molecular formula is C13H21ClN6O. The highest BCUT2D eigenvalue weighted by Crippen LogP contribution is 2.20. The second-order valence-electron chi connectivity index (χ2n) is 5.20. The molecule has 0 radical (unpaired) electrons. The van der Waals surface area contributed by atoms with Crippen molar-refractivity contribution in [1.29, 1.82) is 0 Å². The number of rotatable bonds is 5. The molecule has 0 N–H and O–H groups in total. The summed E-state index contributed by atoms with van der Waals surface area (Å²) in [5.74, 6) is 1.05. The predicted molar refractivity (Wildman–Crippen MR) is 82.9 cm³/mol. The molecule has 116 valence electrons. The largest absolute Gasteiger partial charge is 0.347 e. The fourth-order valence-corrected chi connectivity index (χ4v) is 2.31. The van der Waals surface area contributed by atoms with Gasteiger partial charge in [0.2, 0.25) is 23.1 Å². The Morgan fingerprint density at radius 2 is 1.90 bits per heavy atom. The van der Waals surface area contributed by atoms with Gasteiger partial charge in [0, 0.05) is 33.7 Å². The molecule has 1 aliphatic heterocycles. The van der Waals surface area contributed by atoms with Gasteiger partial charge < -0.3 is 14.7 Å². The summed E-state index contributed by atoms with van der Waals surface area (Å²) in [5.41, 5.74) is 0. The van der Waals surface area contributed by atoms with Crippen LogP contribution in [0.1, 0.15) is 19.8 Å². The van der Waals surface area contributed by atoms with Crippen molar-refractivity contribution >= 4 is 29.4 Å². The van der Waals surface area contributed by atoms with E-state index in [1.165, 1.54) is 0 Å². The van der Waals surface area contributed by atoms with Crippen LogP contribution in [0.3, 0.4) is 0 Å². The van der Waals surface area contributed by atoms with E-state index in [2.05, 4.69) is 19.9 Å². The number of nitrogens with zero attached hydrogens (tertiary/aromatic N) is 6. The predicted octanol–water partition coefficient (Wildman–Crippen LogP) is 1.04. The average Bonchev–Trinajstić information content (AvgIpc) is 2.97. The van der Waals surface area contributed by atoms with E-state index < -0.39 is 0 Å². The van der Waals surface area contributed by atoms with E-state index in [0.29, 0.717) is 18.4 Å². The highest BCUT2D eigenvalue weighted by atomic mass is 35.5. The van der Waals surface area contributed by atoms with Crippen molar-refractivity contribution in [3.8, 4) is 0 Å². The van der Waals surface area contributed by atoms with Gasteiger partial charge in [0.15, 0.2) is 0 Å². The Bertz CT molecular complexity index is 503. The number of hydrogen-bond donors (Lipinski definition) is 0. The zero-order chi connectivity index (χ0) is 15.4. The molecule has 0 saturated carbocycles. The maximum atomic E-state index is 11.9. The number of hydrogen-bond acceptors (Lipinski definition) is 6. The zero-order valence-electron chi connectivity index (χ0n) is 12.7. The molecule has 7 nitrogen and oxygen atoms in total. The van der Waals surface area contributed by atoms with Crippen LogP contribution in [0.4, 0.5) is 11.9 Å². The third-order valence-corrected chi connectivity index (χ3v) is 3.63. The van der Waals surface area contributed by atoms with Gasteiger partial charge in [-0.2, -0.15) is 15.0 Å². The van der Waals surface area contributed by atoms with E-state index in [1.54, 1.807) is 23.9 Å². The van der Waals surface area contributed by atoms with Crippen molar-refractivity contribution in [2.75, 3.05) is 50.1 Å². The number of halogens is 1. The quantitative estimate of drug-likeness (QED) is 0.809. The molecule has 1 aromatic rings. The topological polar surface area (TPSA) is 65.5 Å². The number of anilines is 2. The van der Waals surface area contributed by atoms with Crippen LogP contribution in [0.2, 0.25) is 5.28 Å². The molecular weight excluding hydrogens is 292 g/mol. The summed E-state index contributed by atoms with van der Waals surface area (Å²) in [6.07, 6.45) is 2.27. The molecule has 0 unspecified atom stereocenters. The molecule has 0 atom stereocenters. The molecule has 1 fully saturated rings. The fourth-order valence-electron chi connectivity index (χ4n) is 2.16. The summed E-state index contributed by atoms with van der Waals surface area (Å²) < 4.78 is 0. The van der Waals surface area contributed by atoms with Crippen molar-refractivity contribution in [3.63, 3.8) is 0 Å². The number of likely N-dealkylation sites (N-methyl/N-ethyl adjacent to an activating group) is 2. The number of aromatic nitrogens is 3. The molecule has 2 heterocycles. The first-order chi connectivity index (χ1) is 10.0. The first-order valence-corrected chi connectivity index (χ1v) is 7.50. The van der Waals surface area contributed by atoms with Gasteiger partial charge in [0.25, 0.3) is 0 Å². The average molecular weight is 313 g/mol. The summed E-state index contributed by atoms with van der Waals surface area (Å²) in [5, 5.41) is 0.164. The molecule has 1 aromatic heterocycles. The van der Waals surface area contributed by atoms with Gasteiger partial charge >= 0.3 is 0 Å². The van der Waals surface area contributed by atoms with Crippen LogP contribution in [0, 0.1) is 0 Å². The summed E-state index contributed by atoms with van der Waals surface area (Å²) in [4.78, 5) is 30.2. The van der Waals surface area contributed by atoms with Gasteiger partial charge in [-0.05, 0) is 31.4 Å². The Morgan fingerprint density at radius 3 is 2.48 bits per heavy atom. The minimum Gasteiger partial charge on any atom is -0.347 e. The molecule has 8 heteroatoms. The van der Waals surface area contributed by atoms with Gasteiger partial charge in [0.05, 0.1) is 6.54 Å². The van der Waals surface area contributed by atoms with Crippen LogP contribution in [0.15, 0.2) is 0 Å². The van der Waals surface area contributed by atoms with E-state index in [0.717, 1.165) is 25.9 Å². The van der Waals surface area contributed by atoms with Crippen LogP contribution >= 0.6 is 11.6 Å². The van der Waals surface area contributed by atoms with E-state index in [9.17, 15) is 4.79 Å². The standard InChI is InChI=1S/C13H21ClN6O/c1-4-19(9-10(21)18(2)3)12-15-11(14)16-13(17-12)20-7-5-6-8-20/h4-9H2,1-3H3. The third kappa shape index (κ3) is 3.93. The Kier molecular flexibility index (Phi) is 5.17. The highest BCUT2D eigenvalue weighted by Gasteiger charge is 2.20. The van der Waals surface area contributed by atoms with Crippen LogP contribution < -0.4 is 9.80 Å². The number of carbonyl (C=O) groups excluding carboxylic acids is 1. The van der Waals surface area contributed by atoms with Crippen molar-refractivity contribution < 1.29 is 4.79 Å². The first kappa shape index (κ1) is 15.8. The molecule has 0 bridgehead atoms. The Balaban J connectivity index is 2.22. The summed E-state index contributed by atoms with van der Waals surface area (Å²) >= 11 is 6.02. The molecule has 0 aliphatic carbocycles. The highest BCUT2D eigenvalue weighted by molar-refractivity contribution is 6.28. The lowest BCUT2D eigenvalue weighted by Crippen LogP contribution is -2.37. The fraction of sp³-hybridized carbons (Fsp3) is 0.692. The number of carbonyl (C=O) groups is 1. The second kappa shape index (κ2) is 6.89. The van der Waals surface area contributed by atoms with Crippen molar-refractivity contribution in [3.05, 3.63) is 5.28 Å². The monoisotopic (exact) mass is 312 g/mol. The minimum absolute atomic E-state index is 0.00360. The Morgan fingerprint density at radius 1 is 1.24 bits per heavy atom. The SMILES string of the molecule is CCN(CC(=O)N(C)C)c1nc(Cl)nc(N2CCCC2)n1. The normalized spacial score (nSPS) is 14.4. The molecule has 2 rings (SSSR count). The van der Waals surface area contributed by atoms with Crippen molar-refractivity contribution in [2.45, 2.75) is 19.8 Å². The van der Waals surface area contributed by atoms with E-state index in [4.69, 9.17) is 11.6 Å². The molecule has 21 heavy (non-hydrogen) atoms. The lowest BCUT2D eigenvalue weighted by molar-refractivity contribution is -0.127. The van der Waals surface area contributed by atoms with E-state index >= 15 is 0 Å². The van der Waals surface area contributed by atoms with Gasteiger partial charge in [0.1, 0.15) is 0 Å². The molecule has 0 spiro atoms. The zero-order valence-corrected chi connectivity index (χ0v) is 13.5. The van der Waals surface area contributed by atoms with Gasteiger partial charge in [-0.1, -0.05) is 0 Å².